The van der Waals surface area contributed by atoms with E-state index in [1.165, 1.54) is 0 Å². The van der Waals surface area contributed by atoms with Crippen molar-refractivity contribution in [1.82, 2.24) is 0 Å². The molecule has 0 aliphatic rings. The molecule has 0 aliphatic heterocycles. The molecular weight excluding hydrogens is 143 g/mol. The van der Waals surface area contributed by atoms with Crippen molar-refractivity contribution in [3.8, 4) is 0 Å². The third-order valence-electron chi connectivity index (χ3n) is 1.20. The Morgan fingerprint density at radius 2 is 1.70 bits per heavy atom. The standard InChI is InChI=1S/C6H12F3N/c7-5(4-10)2-1-3-6(8)9/h5-6H,1-4,10H2. The van der Waals surface area contributed by atoms with Crippen molar-refractivity contribution in [3.63, 3.8) is 0 Å². The lowest BCUT2D eigenvalue weighted by Gasteiger charge is -2.03. The summed E-state index contributed by atoms with van der Waals surface area (Å²) in [5, 5.41) is 0. The highest BCUT2D eigenvalue weighted by molar-refractivity contribution is 4.56. The summed E-state index contributed by atoms with van der Waals surface area (Å²) in [6.07, 6.45) is -3.28. The summed E-state index contributed by atoms with van der Waals surface area (Å²) >= 11 is 0. The number of alkyl halides is 3. The van der Waals surface area contributed by atoms with Gasteiger partial charge in [-0.05, 0) is 12.8 Å². The van der Waals surface area contributed by atoms with E-state index in [9.17, 15) is 13.2 Å². The zero-order chi connectivity index (χ0) is 7.98. The quantitative estimate of drug-likeness (QED) is 0.642. The van der Waals surface area contributed by atoms with E-state index in [1.807, 2.05) is 0 Å². The van der Waals surface area contributed by atoms with Crippen LogP contribution in [0.2, 0.25) is 0 Å². The van der Waals surface area contributed by atoms with Crippen molar-refractivity contribution >= 4 is 0 Å². The van der Waals surface area contributed by atoms with Crippen LogP contribution in [0.1, 0.15) is 19.3 Å². The van der Waals surface area contributed by atoms with Gasteiger partial charge in [-0.15, -0.1) is 0 Å². The third kappa shape index (κ3) is 5.88. The van der Waals surface area contributed by atoms with Gasteiger partial charge in [0.25, 0.3) is 0 Å². The van der Waals surface area contributed by atoms with Gasteiger partial charge in [-0.1, -0.05) is 0 Å². The second-order valence-electron chi connectivity index (χ2n) is 2.15. The van der Waals surface area contributed by atoms with Crippen LogP contribution in [-0.2, 0) is 0 Å². The Morgan fingerprint density at radius 1 is 1.10 bits per heavy atom. The zero-order valence-corrected chi connectivity index (χ0v) is 5.69. The van der Waals surface area contributed by atoms with E-state index >= 15 is 0 Å². The first-order valence-electron chi connectivity index (χ1n) is 3.29. The van der Waals surface area contributed by atoms with Gasteiger partial charge >= 0.3 is 0 Å². The van der Waals surface area contributed by atoms with Crippen LogP contribution in [0.5, 0.6) is 0 Å². The Kier molecular flexibility index (Phi) is 5.39. The van der Waals surface area contributed by atoms with Crippen molar-refractivity contribution in [2.45, 2.75) is 31.9 Å². The molecule has 0 aromatic heterocycles. The highest BCUT2D eigenvalue weighted by Gasteiger charge is 2.06. The van der Waals surface area contributed by atoms with Crippen LogP contribution in [0.15, 0.2) is 0 Å². The molecule has 0 aromatic rings. The van der Waals surface area contributed by atoms with Gasteiger partial charge in [0.15, 0.2) is 0 Å². The summed E-state index contributed by atoms with van der Waals surface area (Å²) in [5.74, 6) is 0. The molecule has 0 aliphatic carbocycles. The molecular formula is C6H12F3N. The Balaban J connectivity index is 3.03. The molecule has 0 amide bonds. The van der Waals surface area contributed by atoms with Crippen molar-refractivity contribution in [3.05, 3.63) is 0 Å². The Morgan fingerprint density at radius 3 is 2.10 bits per heavy atom. The topological polar surface area (TPSA) is 26.0 Å². The van der Waals surface area contributed by atoms with Crippen LogP contribution in [-0.4, -0.2) is 19.1 Å². The molecule has 2 N–H and O–H groups in total. The van der Waals surface area contributed by atoms with Gasteiger partial charge in [0.2, 0.25) is 6.43 Å². The van der Waals surface area contributed by atoms with Crippen LogP contribution in [0.4, 0.5) is 13.2 Å². The van der Waals surface area contributed by atoms with E-state index in [-0.39, 0.29) is 25.8 Å². The summed E-state index contributed by atoms with van der Waals surface area (Å²) in [6.45, 7) is -0.0662. The largest absolute Gasteiger partial charge is 0.328 e. The first-order valence-corrected chi connectivity index (χ1v) is 3.29. The van der Waals surface area contributed by atoms with E-state index in [2.05, 4.69) is 0 Å². The fourth-order valence-corrected chi connectivity index (χ4v) is 0.611. The molecule has 1 atom stereocenters. The second kappa shape index (κ2) is 5.53. The maximum absolute atomic E-state index is 12.2. The molecule has 0 aromatic carbocycles. The van der Waals surface area contributed by atoms with Crippen molar-refractivity contribution < 1.29 is 13.2 Å². The predicted octanol–water partition coefficient (Wildman–Crippen LogP) is 1.72. The summed E-state index contributed by atoms with van der Waals surface area (Å²) in [5.41, 5.74) is 4.93. The van der Waals surface area contributed by atoms with Gasteiger partial charge in [0, 0.05) is 13.0 Å². The Labute approximate surface area is 58.4 Å². The first-order chi connectivity index (χ1) is 4.66. The van der Waals surface area contributed by atoms with Gasteiger partial charge in [-0.3, -0.25) is 0 Å². The van der Waals surface area contributed by atoms with Gasteiger partial charge < -0.3 is 5.73 Å². The molecule has 0 bridgehead atoms. The molecule has 1 nitrogen and oxygen atoms in total. The lowest BCUT2D eigenvalue weighted by atomic mass is 10.2. The molecule has 4 heteroatoms. The van der Waals surface area contributed by atoms with Gasteiger partial charge in [-0.2, -0.15) is 0 Å². The minimum absolute atomic E-state index is 0.0662. The SMILES string of the molecule is NCC(F)CCCC(F)F. The molecule has 0 saturated carbocycles. The molecule has 0 heterocycles. The summed E-state index contributed by atoms with van der Waals surface area (Å²) < 4.78 is 35.1. The van der Waals surface area contributed by atoms with E-state index < -0.39 is 12.6 Å². The summed E-state index contributed by atoms with van der Waals surface area (Å²) in [4.78, 5) is 0. The number of halogens is 3. The minimum atomic E-state index is -2.31. The van der Waals surface area contributed by atoms with Gasteiger partial charge in [0.05, 0.1) is 0 Å². The molecule has 0 radical (unpaired) electrons. The van der Waals surface area contributed by atoms with Crippen LogP contribution in [0, 0.1) is 0 Å². The lowest BCUT2D eigenvalue weighted by Crippen LogP contribution is -2.14. The molecule has 0 fully saturated rings. The highest BCUT2D eigenvalue weighted by atomic mass is 19.3. The maximum Gasteiger partial charge on any atom is 0.238 e. The van der Waals surface area contributed by atoms with Crippen molar-refractivity contribution in [2.75, 3.05) is 6.54 Å². The minimum Gasteiger partial charge on any atom is -0.328 e. The normalized spacial score (nSPS) is 14.1. The van der Waals surface area contributed by atoms with Crippen LogP contribution >= 0.6 is 0 Å². The molecule has 10 heavy (non-hydrogen) atoms. The fourth-order valence-electron chi connectivity index (χ4n) is 0.611. The summed E-state index contributed by atoms with van der Waals surface area (Å²) in [7, 11) is 0. The summed E-state index contributed by atoms with van der Waals surface area (Å²) in [6, 6.07) is 0. The predicted molar refractivity (Wildman–Crippen MR) is 33.8 cm³/mol. The third-order valence-corrected chi connectivity index (χ3v) is 1.20. The zero-order valence-electron chi connectivity index (χ0n) is 5.69. The molecule has 0 spiro atoms. The molecule has 0 saturated heterocycles. The number of nitrogens with two attached hydrogens (primary N) is 1. The second-order valence-corrected chi connectivity index (χ2v) is 2.15. The average Bonchev–Trinajstić information content (AvgIpc) is 1.87. The highest BCUT2D eigenvalue weighted by Crippen LogP contribution is 2.08. The van der Waals surface area contributed by atoms with Crippen LogP contribution < -0.4 is 5.73 Å². The first kappa shape index (κ1) is 9.75. The van der Waals surface area contributed by atoms with Crippen LogP contribution in [0.25, 0.3) is 0 Å². The Hall–Kier alpha value is -0.250. The average molecular weight is 155 g/mol. The monoisotopic (exact) mass is 155 g/mol. The fraction of sp³-hybridized carbons (Fsp3) is 1.00. The van der Waals surface area contributed by atoms with Crippen LogP contribution in [0.3, 0.4) is 0 Å². The number of hydrogen-bond acceptors (Lipinski definition) is 1. The van der Waals surface area contributed by atoms with E-state index in [1.54, 1.807) is 0 Å². The van der Waals surface area contributed by atoms with Gasteiger partial charge in [-0.25, -0.2) is 13.2 Å². The van der Waals surface area contributed by atoms with E-state index in [0.717, 1.165) is 0 Å². The Bertz CT molecular complexity index is 77.4. The van der Waals surface area contributed by atoms with Crippen molar-refractivity contribution in [1.29, 1.82) is 0 Å². The molecule has 0 rings (SSSR count). The van der Waals surface area contributed by atoms with Crippen molar-refractivity contribution in [2.24, 2.45) is 5.73 Å². The molecule has 1 unspecified atom stereocenters. The molecule has 62 valence electrons. The number of rotatable bonds is 5. The van der Waals surface area contributed by atoms with E-state index in [0.29, 0.717) is 0 Å². The van der Waals surface area contributed by atoms with Gasteiger partial charge in [0.1, 0.15) is 6.17 Å². The number of hydrogen-bond donors (Lipinski definition) is 1. The lowest BCUT2D eigenvalue weighted by molar-refractivity contribution is 0.130. The maximum atomic E-state index is 12.2. The van der Waals surface area contributed by atoms with E-state index in [4.69, 9.17) is 5.73 Å². The smallest absolute Gasteiger partial charge is 0.238 e.